The summed E-state index contributed by atoms with van der Waals surface area (Å²) in [5.74, 6) is 1.02. The number of methoxy groups -OCH3 is 1. The number of hydrogen-bond donors (Lipinski definition) is 0. The third-order valence-electron chi connectivity index (χ3n) is 5.05. The second-order valence-electron chi connectivity index (χ2n) is 6.77. The number of amides is 1. The Balaban J connectivity index is 1.56. The molecule has 0 aliphatic carbocycles. The van der Waals surface area contributed by atoms with Gasteiger partial charge < -0.3 is 19.3 Å². The molecule has 0 aromatic heterocycles. The molecule has 0 atom stereocenters. The van der Waals surface area contributed by atoms with Crippen molar-refractivity contribution in [3.8, 4) is 11.5 Å². The monoisotopic (exact) mass is 399 g/mol. The first-order valence-electron chi connectivity index (χ1n) is 9.58. The largest absolute Gasteiger partial charge is 0.496 e. The van der Waals surface area contributed by atoms with Crippen LogP contribution in [0.4, 0.5) is 11.4 Å². The van der Waals surface area contributed by atoms with Crippen molar-refractivity contribution in [2.24, 2.45) is 0 Å². The van der Waals surface area contributed by atoms with Crippen molar-refractivity contribution in [1.29, 1.82) is 0 Å². The molecule has 8 nitrogen and oxygen atoms in total. The van der Waals surface area contributed by atoms with Crippen LogP contribution < -0.4 is 14.4 Å². The van der Waals surface area contributed by atoms with E-state index >= 15 is 0 Å². The highest BCUT2D eigenvalue weighted by Crippen LogP contribution is 2.32. The highest BCUT2D eigenvalue weighted by atomic mass is 16.6. The molecule has 1 amide bonds. The van der Waals surface area contributed by atoms with Crippen molar-refractivity contribution >= 4 is 17.3 Å². The third kappa shape index (κ3) is 4.96. The van der Waals surface area contributed by atoms with Gasteiger partial charge in [0, 0.05) is 26.2 Å². The molecule has 154 valence electrons. The summed E-state index contributed by atoms with van der Waals surface area (Å²) in [5.41, 5.74) is 1.76. The average Bonchev–Trinajstić information content (AvgIpc) is 2.77. The van der Waals surface area contributed by atoms with Crippen LogP contribution in [-0.4, -0.2) is 55.6 Å². The standard InChI is InChI=1S/C21H25N3O5/c1-3-16-4-6-17(7-5-16)29-15-21(25)23-12-10-22(11-13-23)19-9-8-18(28-2)14-20(19)24(26)27/h4-9,14H,3,10-13,15H2,1-2H3. The Kier molecular flexibility index (Phi) is 6.54. The van der Waals surface area contributed by atoms with Crippen molar-refractivity contribution in [2.75, 3.05) is 44.8 Å². The molecule has 0 unspecified atom stereocenters. The van der Waals surface area contributed by atoms with Gasteiger partial charge in [-0.05, 0) is 36.2 Å². The molecular formula is C21H25N3O5. The summed E-state index contributed by atoms with van der Waals surface area (Å²) < 4.78 is 10.7. The Labute approximate surface area is 169 Å². The van der Waals surface area contributed by atoms with Crippen molar-refractivity contribution < 1.29 is 19.2 Å². The summed E-state index contributed by atoms with van der Waals surface area (Å²) in [6, 6.07) is 12.5. The van der Waals surface area contributed by atoms with Gasteiger partial charge in [0.2, 0.25) is 0 Å². The second kappa shape index (κ2) is 9.27. The molecule has 0 saturated carbocycles. The van der Waals surface area contributed by atoms with E-state index in [9.17, 15) is 14.9 Å². The van der Waals surface area contributed by atoms with Gasteiger partial charge in [0.05, 0.1) is 18.1 Å². The minimum absolute atomic E-state index is 0.00276. The highest BCUT2D eigenvalue weighted by Gasteiger charge is 2.26. The van der Waals surface area contributed by atoms with E-state index < -0.39 is 4.92 Å². The van der Waals surface area contributed by atoms with Crippen molar-refractivity contribution in [1.82, 2.24) is 4.90 Å². The number of nitrogens with zero attached hydrogens (tertiary/aromatic N) is 3. The van der Waals surface area contributed by atoms with E-state index in [0.717, 1.165) is 6.42 Å². The number of rotatable bonds is 7. The Morgan fingerprint density at radius 2 is 1.72 bits per heavy atom. The van der Waals surface area contributed by atoms with Gasteiger partial charge in [-0.3, -0.25) is 14.9 Å². The Hall–Kier alpha value is -3.29. The fourth-order valence-electron chi connectivity index (χ4n) is 3.30. The molecule has 2 aromatic carbocycles. The van der Waals surface area contributed by atoms with Crippen LogP contribution >= 0.6 is 0 Å². The van der Waals surface area contributed by atoms with Gasteiger partial charge in [-0.25, -0.2) is 0 Å². The van der Waals surface area contributed by atoms with Crippen LogP contribution in [0.15, 0.2) is 42.5 Å². The number of benzene rings is 2. The number of carbonyl (C=O) groups is 1. The molecule has 0 bridgehead atoms. The predicted octanol–water partition coefficient (Wildman–Crippen LogP) is 2.89. The molecular weight excluding hydrogens is 374 g/mol. The quantitative estimate of drug-likeness (QED) is 0.526. The molecule has 2 aromatic rings. The Bertz CT molecular complexity index is 861. The van der Waals surface area contributed by atoms with Crippen LogP contribution in [0.25, 0.3) is 0 Å². The van der Waals surface area contributed by atoms with E-state index in [4.69, 9.17) is 9.47 Å². The molecule has 1 saturated heterocycles. The van der Waals surface area contributed by atoms with Crippen molar-refractivity contribution in [3.63, 3.8) is 0 Å². The zero-order valence-corrected chi connectivity index (χ0v) is 16.7. The fourth-order valence-corrected chi connectivity index (χ4v) is 3.30. The molecule has 3 rings (SSSR count). The number of hydrogen-bond acceptors (Lipinski definition) is 6. The minimum Gasteiger partial charge on any atom is -0.496 e. The maximum atomic E-state index is 12.5. The van der Waals surface area contributed by atoms with Gasteiger partial charge in [0.15, 0.2) is 6.61 Å². The number of carbonyl (C=O) groups excluding carboxylic acids is 1. The minimum atomic E-state index is -0.410. The SMILES string of the molecule is CCc1ccc(OCC(=O)N2CCN(c3ccc(OC)cc3[N+](=O)[O-])CC2)cc1. The Morgan fingerprint density at radius 1 is 1.07 bits per heavy atom. The highest BCUT2D eigenvalue weighted by molar-refractivity contribution is 5.78. The van der Waals surface area contributed by atoms with Gasteiger partial charge >= 0.3 is 0 Å². The van der Waals surface area contributed by atoms with Crippen LogP contribution in [0, 0.1) is 10.1 Å². The second-order valence-corrected chi connectivity index (χ2v) is 6.77. The lowest BCUT2D eigenvalue weighted by molar-refractivity contribution is -0.384. The molecule has 1 heterocycles. The summed E-state index contributed by atoms with van der Waals surface area (Å²) in [5, 5.41) is 11.4. The summed E-state index contributed by atoms with van der Waals surface area (Å²) in [4.78, 5) is 27.1. The molecule has 8 heteroatoms. The molecule has 1 aliphatic rings. The van der Waals surface area contributed by atoms with Crippen LogP contribution in [0.3, 0.4) is 0 Å². The number of ether oxygens (including phenoxy) is 2. The number of nitro benzene ring substituents is 1. The zero-order chi connectivity index (χ0) is 20.8. The molecule has 1 aliphatic heterocycles. The van der Waals surface area contributed by atoms with Crippen LogP contribution in [0.5, 0.6) is 11.5 Å². The molecule has 0 radical (unpaired) electrons. The lowest BCUT2D eigenvalue weighted by atomic mass is 10.2. The third-order valence-corrected chi connectivity index (χ3v) is 5.05. The lowest BCUT2D eigenvalue weighted by Gasteiger charge is -2.35. The topological polar surface area (TPSA) is 85.2 Å². The van der Waals surface area contributed by atoms with Gasteiger partial charge in [-0.15, -0.1) is 0 Å². The summed E-state index contributed by atoms with van der Waals surface area (Å²) in [6.45, 7) is 4.07. The fraction of sp³-hybridized carbons (Fsp3) is 0.381. The van der Waals surface area contributed by atoms with Crippen LogP contribution in [-0.2, 0) is 11.2 Å². The first-order valence-corrected chi connectivity index (χ1v) is 9.58. The van der Waals surface area contributed by atoms with Crippen LogP contribution in [0.1, 0.15) is 12.5 Å². The summed E-state index contributed by atoms with van der Waals surface area (Å²) >= 11 is 0. The van der Waals surface area contributed by atoms with E-state index in [-0.39, 0.29) is 18.2 Å². The maximum Gasteiger partial charge on any atom is 0.296 e. The molecule has 0 spiro atoms. The van der Waals surface area contributed by atoms with E-state index in [1.165, 1.54) is 18.7 Å². The number of nitro groups is 1. The van der Waals surface area contributed by atoms with Gasteiger partial charge in [0.25, 0.3) is 11.6 Å². The number of aryl methyl sites for hydroxylation is 1. The molecule has 1 fully saturated rings. The Morgan fingerprint density at radius 3 is 2.31 bits per heavy atom. The van der Waals surface area contributed by atoms with Crippen molar-refractivity contribution in [3.05, 3.63) is 58.1 Å². The van der Waals surface area contributed by atoms with Gasteiger partial charge in [0.1, 0.15) is 17.2 Å². The summed E-state index contributed by atoms with van der Waals surface area (Å²) in [7, 11) is 1.48. The molecule has 29 heavy (non-hydrogen) atoms. The average molecular weight is 399 g/mol. The van der Waals surface area contributed by atoms with E-state index in [1.54, 1.807) is 17.0 Å². The van der Waals surface area contributed by atoms with Crippen LogP contribution in [0.2, 0.25) is 0 Å². The maximum absolute atomic E-state index is 12.5. The number of piperazine rings is 1. The lowest BCUT2D eigenvalue weighted by Crippen LogP contribution is -2.50. The molecule has 0 N–H and O–H groups in total. The smallest absolute Gasteiger partial charge is 0.296 e. The number of anilines is 1. The summed E-state index contributed by atoms with van der Waals surface area (Å²) in [6.07, 6.45) is 0.954. The van der Waals surface area contributed by atoms with E-state index in [2.05, 4.69) is 6.92 Å². The van der Waals surface area contributed by atoms with Crippen molar-refractivity contribution in [2.45, 2.75) is 13.3 Å². The van der Waals surface area contributed by atoms with E-state index in [0.29, 0.717) is 43.4 Å². The normalized spacial score (nSPS) is 13.9. The van der Waals surface area contributed by atoms with Gasteiger partial charge in [-0.1, -0.05) is 19.1 Å². The van der Waals surface area contributed by atoms with E-state index in [1.807, 2.05) is 29.2 Å². The predicted molar refractivity (Wildman–Crippen MR) is 110 cm³/mol. The first-order chi connectivity index (χ1) is 14.0. The zero-order valence-electron chi connectivity index (χ0n) is 16.7. The first kappa shape index (κ1) is 20.4. The van der Waals surface area contributed by atoms with Gasteiger partial charge in [-0.2, -0.15) is 0 Å².